The second-order valence-corrected chi connectivity index (χ2v) is 17.5. The van der Waals surface area contributed by atoms with Crippen molar-refractivity contribution < 1.29 is 28.6 Å². The Kier molecular flexibility index (Phi) is 40.8. The molecule has 0 aliphatic rings. The van der Waals surface area contributed by atoms with Crippen molar-refractivity contribution in [3.05, 3.63) is 0 Å². The van der Waals surface area contributed by atoms with Crippen LogP contribution >= 0.6 is 0 Å². The summed E-state index contributed by atoms with van der Waals surface area (Å²) >= 11 is 0. The monoisotopic (exact) mass is 779 g/mol. The van der Waals surface area contributed by atoms with Gasteiger partial charge >= 0.3 is 17.9 Å². The Hall–Kier alpha value is -1.59. The lowest BCUT2D eigenvalue weighted by Gasteiger charge is -2.18. The number of carbonyl (C=O) groups is 3. The van der Waals surface area contributed by atoms with Gasteiger partial charge in [-0.05, 0) is 31.1 Å². The van der Waals surface area contributed by atoms with Crippen LogP contribution in [0.25, 0.3) is 0 Å². The molecule has 0 heterocycles. The second kappa shape index (κ2) is 42.0. The van der Waals surface area contributed by atoms with E-state index in [2.05, 4.69) is 34.6 Å². The Morgan fingerprint density at radius 2 is 0.691 bits per heavy atom. The molecular weight excluding hydrogens is 685 g/mol. The SMILES string of the molecule is CCCCCCCCCCCC(=O)OC[C@H](COC(=O)CCCCCCCCCCCCCCCC(C)C)OC(=O)CCCCCCCCCCC(C)CC. The zero-order valence-electron chi connectivity index (χ0n) is 37.6. The highest BCUT2D eigenvalue weighted by molar-refractivity contribution is 5.71. The van der Waals surface area contributed by atoms with Gasteiger partial charge in [-0.2, -0.15) is 0 Å². The molecular formula is C49H94O6. The van der Waals surface area contributed by atoms with Gasteiger partial charge in [-0.25, -0.2) is 0 Å². The number of ether oxygens (including phenoxy) is 3. The molecule has 0 amide bonds. The molecule has 0 spiro atoms. The Bertz CT molecular complexity index is 841. The summed E-state index contributed by atoms with van der Waals surface area (Å²) in [4.78, 5) is 37.8. The van der Waals surface area contributed by atoms with Crippen LogP contribution in [-0.4, -0.2) is 37.2 Å². The van der Waals surface area contributed by atoms with Crippen LogP contribution in [0.5, 0.6) is 0 Å². The van der Waals surface area contributed by atoms with Crippen LogP contribution in [0.15, 0.2) is 0 Å². The summed E-state index contributed by atoms with van der Waals surface area (Å²) in [6.07, 6.45) is 40.8. The van der Waals surface area contributed by atoms with Gasteiger partial charge in [0.2, 0.25) is 0 Å². The number of hydrogen-bond acceptors (Lipinski definition) is 6. The molecule has 55 heavy (non-hydrogen) atoms. The van der Waals surface area contributed by atoms with Crippen molar-refractivity contribution in [3.8, 4) is 0 Å². The fraction of sp³-hybridized carbons (Fsp3) is 0.939. The minimum Gasteiger partial charge on any atom is -0.462 e. The van der Waals surface area contributed by atoms with Crippen molar-refractivity contribution in [1.29, 1.82) is 0 Å². The quantitative estimate of drug-likeness (QED) is 0.0348. The summed E-state index contributed by atoms with van der Waals surface area (Å²) in [5.41, 5.74) is 0. The summed E-state index contributed by atoms with van der Waals surface area (Å²) in [6.45, 7) is 11.3. The molecule has 0 rings (SSSR count). The Balaban J connectivity index is 4.28. The van der Waals surface area contributed by atoms with Gasteiger partial charge in [0, 0.05) is 19.3 Å². The molecule has 0 saturated heterocycles. The maximum absolute atomic E-state index is 12.7. The van der Waals surface area contributed by atoms with E-state index in [9.17, 15) is 14.4 Å². The Labute approximate surface area is 342 Å². The van der Waals surface area contributed by atoms with Crippen LogP contribution in [0, 0.1) is 11.8 Å². The molecule has 0 aliphatic carbocycles. The van der Waals surface area contributed by atoms with Gasteiger partial charge in [-0.15, -0.1) is 0 Å². The molecule has 0 saturated carbocycles. The third-order valence-electron chi connectivity index (χ3n) is 11.3. The van der Waals surface area contributed by atoms with Crippen LogP contribution in [0.3, 0.4) is 0 Å². The molecule has 0 aromatic heterocycles. The van der Waals surface area contributed by atoms with E-state index < -0.39 is 6.10 Å². The maximum Gasteiger partial charge on any atom is 0.306 e. The van der Waals surface area contributed by atoms with Crippen LogP contribution in [0.2, 0.25) is 0 Å². The van der Waals surface area contributed by atoms with Gasteiger partial charge in [-0.3, -0.25) is 14.4 Å². The molecule has 0 radical (unpaired) electrons. The smallest absolute Gasteiger partial charge is 0.306 e. The van der Waals surface area contributed by atoms with Gasteiger partial charge < -0.3 is 14.2 Å². The highest BCUT2D eigenvalue weighted by Crippen LogP contribution is 2.17. The number of unbranched alkanes of at least 4 members (excludes halogenated alkanes) is 27. The Morgan fingerprint density at radius 3 is 1.04 bits per heavy atom. The number of esters is 3. The van der Waals surface area contributed by atoms with Gasteiger partial charge in [0.25, 0.3) is 0 Å². The van der Waals surface area contributed by atoms with E-state index in [1.807, 2.05) is 0 Å². The van der Waals surface area contributed by atoms with Crippen LogP contribution in [0.1, 0.15) is 266 Å². The molecule has 326 valence electrons. The predicted molar refractivity (Wildman–Crippen MR) is 233 cm³/mol. The van der Waals surface area contributed by atoms with Crippen molar-refractivity contribution in [3.63, 3.8) is 0 Å². The lowest BCUT2D eigenvalue weighted by molar-refractivity contribution is -0.167. The van der Waals surface area contributed by atoms with Crippen LogP contribution in [0.4, 0.5) is 0 Å². The lowest BCUT2D eigenvalue weighted by Crippen LogP contribution is -2.30. The van der Waals surface area contributed by atoms with Crippen molar-refractivity contribution in [2.24, 2.45) is 11.8 Å². The predicted octanol–water partition coefficient (Wildman–Crippen LogP) is 15.4. The normalized spacial score (nSPS) is 12.5. The highest BCUT2D eigenvalue weighted by Gasteiger charge is 2.19. The summed E-state index contributed by atoms with van der Waals surface area (Å²) in [5, 5.41) is 0. The molecule has 6 nitrogen and oxygen atoms in total. The standard InChI is InChI=1S/C49H94O6/c1-6-8-9-10-11-17-24-29-34-39-47(50)53-42-46(55-49(52)41-36-31-26-21-20-23-28-33-38-45(5)7-2)43-54-48(51)40-35-30-25-19-16-14-12-13-15-18-22-27-32-37-44(3)4/h44-46H,6-43H2,1-5H3/t45?,46-/m1/s1. The largest absolute Gasteiger partial charge is 0.462 e. The van der Waals surface area contributed by atoms with Gasteiger partial charge in [0.15, 0.2) is 6.10 Å². The molecule has 0 aromatic rings. The van der Waals surface area contributed by atoms with Gasteiger partial charge in [0.1, 0.15) is 13.2 Å². The fourth-order valence-corrected chi connectivity index (χ4v) is 7.25. The number of rotatable bonds is 43. The summed E-state index contributed by atoms with van der Waals surface area (Å²) < 4.78 is 16.7. The molecule has 0 fully saturated rings. The van der Waals surface area contributed by atoms with Gasteiger partial charge in [-0.1, -0.05) is 227 Å². The first-order valence-electron chi connectivity index (χ1n) is 24.3. The highest BCUT2D eigenvalue weighted by atomic mass is 16.6. The van der Waals surface area contributed by atoms with E-state index in [-0.39, 0.29) is 31.1 Å². The molecule has 0 N–H and O–H groups in total. The molecule has 0 aromatic carbocycles. The maximum atomic E-state index is 12.7. The topological polar surface area (TPSA) is 78.9 Å². The van der Waals surface area contributed by atoms with Crippen molar-refractivity contribution in [2.45, 2.75) is 272 Å². The zero-order chi connectivity index (χ0) is 40.5. The third kappa shape index (κ3) is 41.9. The zero-order valence-corrected chi connectivity index (χ0v) is 37.6. The van der Waals surface area contributed by atoms with E-state index in [1.165, 1.54) is 154 Å². The first-order valence-corrected chi connectivity index (χ1v) is 24.3. The van der Waals surface area contributed by atoms with Crippen molar-refractivity contribution >= 4 is 17.9 Å². The number of hydrogen-bond donors (Lipinski definition) is 0. The van der Waals surface area contributed by atoms with Crippen LogP contribution < -0.4 is 0 Å². The van der Waals surface area contributed by atoms with E-state index in [0.29, 0.717) is 19.3 Å². The van der Waals surface area contributed by atoms with E-state index >= 15 is 0 Å². The second-order valence-electron chi connectivity index (χ2n) is 17.5. The summed E-state index contributed by atoms with van der Waals surface area (Å²) in [6, 6.07) is 0. The summed E-state index contributed by atoms with van der Waals surface area (Å²) in [5.74, 6) is 0.828. The first kappa shape index (κ1) is 53.4. The molecule has 2 atom stereocenters. The van der Waals surface area contributed by atoms with E-state index in [0.717, 1.165) is 69.6 Å². The van der Waals surface area contributed by atoms with Crippen LogP contribution in [-0.2, 0) is 28.6 Å². The number of carbonyl (C=O) groups excluding carboxylic acids is 3. The molecule has 1 unspecified atom stereocenters. The minimum absolute atomic E-state index is 0.0646. The minimum atomic E-state index is -0.760. The third-order valence-corrected chi connectivity index (χ3v) is 11.3. The van der Waals surface area contributed by atoms with Gasteiger partial charge in [0.05, 0.1) is 0 Å². The van der Waals surface area contributed by atoms with Crippen molar-refractivity contribution in [1.82, 2.24) is 0 Å². The molecule has 0 bridgehead atoms. The average molecular weight is 779 g/mol. The fourth-order valence-electron chi connectivity index (χ4n) is 7.25. The molecule has 6 heteroatoms. The Morgan fingerprint density at radius 1 is 0.382 bits per heavy atom. The van der Waals surface area contributed by atoms with Crippen molar-refractivity contribution in [2.75, 3.05) is 13.2 Å². The van der Waals surface area contributed by atoms with E-state index in [4.69, 9.17) is 14.2 Å². The summed E-state index contributed by atoms with van der Waals surface area (Å²) in [7, 11) is 0. The van der Waals surface area contributed by atoms with E-state index in [1.54, 1.807) is 0 Å². The molecule has 0 aliphatic heterocycles. The average Bonchev–Trinajstić information content (AvgIpc) is 3.17. The lowest BCUT2D eigenvalue weighted by atomic mass is 9.99. The first-order chi connectivity index (χ1) is 26.8.